The van der Waals surface area contributed by atoms with E-state index in [4.69, 9.17) is 4.74 Å². The third-order valence-corrected chi connectivity index (χ3v) is 3.60. The third-order valence-electron chi connectivity index (χ3n) is 3.60. The highest BCUT2D eigenvalue weighted by Gasteiger charge is 2.25. The van der Waals surface area contributed by atoms with E-state index in [1.165, 1.54) is 32.1 Å². The molecule has 2 heteroatoms. The molecule has 0 bridgehead atoms. The van der Waals surface area contributed by atoms with Gasteiger partial charge in [-0.15, -0.1) is 0 Å². The lowest BCUT2D eigenvalue weighted by Crippen LogP contribution is -2.32. The molecule has 0 aliphatic heterocycles. The summed E-state index contributed by atoms with van der Waals surface area (Å²) in [6, 6.07) is 0.763. The molecule has 1 fully saturated rings. The molecular formula is C14H29NO. The fourth-order valence-corrected chi connectivity index (χ4v) is 2.57. The van der Waals surface area contributed by atoms with Gasteiger partial charge in [-0.05, 0) is 44.1 Å². The van der Waals surface area contributed by atoms with E-state index in [-0.39, 0.29) is 0 Å². The van der Waals surface area contributed by atoms with Crippen LogP contribution in [0.4, 0.5) is 0 Å². The van der Waals surface area contributed by atoms with Crippen LogP contribution < -0.4 is 5.32 Å². The van der Waals surface area contributed by atoms with E-state index in [1.807, 2.05) is 0 Å². The van der Waals surface area contributed by atoms with Crippen LogP contribution in [0.5, 0.6) is 0 Å². The second-order valence-electron chi connectivity index (χ2n) is 5.44. The maximum absolute atomic E-state index is 5.71. The zero-order valence-electron chi connectivity index (χ0n) is 11.3. The van der Waals surface area contributed by atoms with Crippen LogP contribution in [0.2, 0.25) is 0 Å². The van der Waals surface area contributed by atoms with Gasteiger partial charge in [0.05, 0.1) is 0 Å². The van der Waals surface area contributed by atoms with Crippen molar-refractivity contribution in [3.8, 4) is 0 Å². The predicted molar refractivity (Wildman–Crippen MR) is 69.7 cm³/mol. The van der Waals surface area contributed by atoms with Crippen molar-refractivity contribution in [3.05, 3.63) is 0 Å². The summed E-state index contributed by atoms with van der Waals surface area (Å²) in [5, 5.41) is 3.60. The molecule has 0 aromatic carbocycles. The number of hydrogen-bond donors (Lipinski definition) is 1. The Morgan fingerprint density at radius 1 is 1.25 bits per heavy atom. The average molecular weight is 227 g/mol. The molecule has 2 atom stereocenters. The number of ether oxygens (including phenoxy) is 1. The minimum atomic E-state index is 0.763. The first-order valence-electron chi connectivity index (χ1n) is 7.05. The Labute approximate surface area is 101 Å². The summed E-state index contributed by atoms with van der Waals surface area (Å²) in [4.78, 5) is 0. The summed E-state index contributed by atoms with van der Waals surface area (Å²) < 4.78 is 5.71. The van der Waals surface area contributed by atoms with E-state index >= 15 is 0 Å². The topological polar surface area (TPSA) is 21.3 Å². The smallest absolute Gasteiger partial charge is 0.0469 e. The van der Waals surface area contributed by atoms with Gasteiger partial charge in [-0.25, -0.2) is 0 Å². The highest BCUT2D eigenvalue weighted by molar-refractivity contribution is 4.82. The molecule has 0 amide bonds. The lowest BCUT2D eigenvalue weighted by molar-refractivity contribution is 0.108. The van der Waals surface area contributed by atoms with Crippen LogP contribution in [-0.4, -0.2) is 25.8 Å². The van der Waals surface area contributed by atoms with E-state index in [0.29, 0.717) is 0 Å². The van der Waals surface area contributed by atoms with Crippen molar-refractivity contribution in [3.63, 3.8) is 0 Å². The second-order valence-corrected chi connectivity index (χ2v) is 5.44. The fourth-order valence-electron chi connectivity index (χ4n) is 2.57. The van der Waals surface area contributed by atoms with E-state index in [1.54, 1.807) is 0 Å². The molecule has 0 spiro atoms. The lowest BCUT2D eigenvalue weighted by Gasteiger charge is -2.20. The van der Waals surface area contributed by atoms with E-state index in [0.717, 1.165) is 37.6 Å². The molecule has 0 aromatic rings. The Morgan fingerprint density at radius 2 is 2.06 bits per heavy atom. The Balaban J connectivity index is 2.03. The van der Waals surface area contributed by atoms with Crippen LogP contribution in [0.3, 0.4) is 0 Å². The lowest BCUT2D eigenvalue weighted by atomic mass is 10.00. The van der Waals surface area contributed by atoms with Crippen molar-refractivity contribution in [2.75, 3.05) is 19.8 Å². The van der Waals surface area contributed by atoms with E-state index < -0.39 is 0 Å². The first kappa shape index (κ1) is 14.0. The minimum Gasteiger partial charge on any atom is -0.381 e. The first-order chi connectivity index (χ1) is 7.74. The third kappa shape index (κ3) is 5.31. The van der Waals surface area contributed by atoms with Gasteiger partial charge in [0.15, 0.2) is 0 Å². The Hall–Kier alpha value is -0.0800. The normalized spacial score (nSPS) is 25.5. The predicted octanol–water partition coefficient (Wildman–Crippen LogP) is 3.22. The van der Waals surface area contributed by atoms with Crippen molar-refractivity contribution in [1.29, 1.82) is 0 Å². The average Bonchev–Trinajstić information content (AvgIpc) is 2.65. The SMILES string of the molecule is CCNC1CCCC1CCOCCC(C)C. The van der Waals surface area contributed by atoms with E-state index in [9.17, 15) is 0 Å². The van der Waals surface area contributed by atoms with E-state index in [2.05, 4.69) is 26.1 Å². The Morgan fingerprint density at radius 3 is 2.75 bits per heavy atom. The van der Waals surface area contributed by atoms with Gasteiger partial charge < -0.3 is 10.1 Å². The van der Waals surface area contributed by atoms with Gasteiger partial charge >= 0.3 is 0 Å². The first-order valence-corrected chi connectivity index (χ1v) is 7.05. The van der Waals surface area contributed by atoms with Gasteiger partial charge in [0.2, 0.25) is 0 Å². The quantitative estimate of drug-likeness (QED) is 0.643. The summed E-state index contributed by atoms with van der Waals surface area (Å²) in [6.45, 7) is 9.71. The molecular weight excluding hydrogens is 198 g/mol. The minimum absolute atomic E-state index is 0.763. The van der Waals surface area contributed by atoms with Gasteiger partial charge in [-0.3, -0.25) is 0 Å². The maximum Gasteiger partial charge on any atom is 0.0469 e. The van der Waals surface area contributed by atoms with Gasteiger partial charge in [-0.2, -0.15) is 0 Å². The van der Waals surface area contributed by atoms with Gasteiger partial charge in [0.25, 0.3) is 0 Å². The summed E-state index contributed by atoms with van der Waals surface area (Å²) in [5.41, 5.74) is 0. The zero-order chi connectivity index (χ0) is 11.8. The van der Waals surface area contributed by atoms with Crippen molar-refractivity contribution in [2.24, 2.45) is 11.8 Å². The van der Waals surface area contributed by atoms with Crippen LogP contribution >= 0.6 is 0 Å². The van der Waals surface area contributed by atoms with Gasteiger partial charge in [0, 0.05) is 19.3 Å². The standard InChI is InChI=1S/C14H29NO/c1-4-15-14-7-5-6-13(14)9-11-16-10-8-12(2)3/h12-15H,4-11H2,1-3H3. The van der Waals surface area contributed by atoms with Crippen LogP contribution in [0.1, 0.15) is 52.9 Å². The summed E-state index contributed by atoms with van der Waals surface area (Å²) in [5.74, 6) is 1.62. The highest BCUT2D eigenvalue weighted by atomic mass is 16.5. The monoisotopic (exact) mass is 227 g/mol. The molecule has 1 N–H and O–H groups in total. The fraction of sp³-hybridized carbons (Fsp3) is 1.00. The zero-order valence-corrected chi connectivity index (χ0v) is 11.3. The second kappa shape index (κ2) is 8.08. The summed E-state index contributed by atoms with van der Waals surface area (Å²) in [7, 11) is 0. The largest absolute Gasteiger partial charge is 0.381 e. The molecule has 1 saturated carbocycles. The van der Waals surface area contributed by atoms with Crippen molar-refractivity contribution in [1.82, 2.24) is 5.32 Å². The number of rotatable bonds is 8. The summed E-state index contributed by atoms with van der Waals surface area (Å²) in [6.07, 6.45) is 6.60. The van der Waals surface area contributed by atoms with Gasteiger partial charge in [-0.1, -0.05) is 27.2 Å². The molecule has 1 rings (SSSR count). The molecule has 0 heterocycles. The molecule has 2 unspecified atom stereocenters. The molecule has 16 heavy (non-hydrogen) atoms. The molecule has 2 nitrogen and oxygen atoms in total. The summed E-state index contributed by atoms with van der Waals surface area (Å²) >= 11 is 0. The number of nitrogens with one attached hydrogen (secondary N) is 1. The Kier molecular flexibility index (Phi) is 7.06. The highest BCUT2D eigenvalue weighted by Crippen LogP contribution is 2.28. The van der Waals surface area contributed by atoms with Gasteiger partial charge in [0.1, 0.15) is 0 Å². The molecule has 0 radical (unpaired) electrons. The van der Waals surface area contributed by atoms with Crippen LogP contribution in [-0.2, 0) is 4.74 Å². The molecule has 96 valence electrons. The molecule has 0 saturated heterocycles. The van der Waals surface area contributed by atoms with Crippen molar-refractivity contribution < 1.29 is 4.74 Å². The van der Waals surface area contributed by atoms with Crippen LogP contribution in [0, 0.1) is 11.8 Å². The van der Waals surface area contributed by atoms with Crippen LogP contribution in [0.25, 0.3) is 0 Å². The molecule has 1 aliphatic rings. The maximum atomic E-state index is 5.71. The molecule has 0 aromatic heterocycles. The molecule has 1 aliphatic carbocycles. The van der Waals surface area contributed by atoms with Crippen molar-refractivity contribution in [2.45, 2.75) is 58.9 Å². The Bertz CT molecular complexity index is 170. The van der Waals surface area contributed by atoms with Crippen LogP contribution in [0.15, 0.2) is 0 Å². The number of hydrogen-bond acceptors (Lipinski definition) is 2. The van der Waals surface area contributed by atoms with Crippen molar-refractivity contribution >= 4 is 0 Å².